The summed E-state index contributed by atoms with van der Waals surface area (Å²) in [5.74, 6) is -0.170. The standard InChI is InChI=1S/C13H25NO3/c1-4-7-9-14(12(15)6-3)10-11-17-13(16)8-5-2/h6,12,15H,3-5,7-11H2,1-2H3. The van der Waals surface area contributed by atoms with E-state index in [0.717, 1.165) is 25.8 Å². The van der Waals surface area contributed by atoms with Gasteiger partial charge in [-0.05, 0) is 18.9 Å². The van der Waals surface area contributed by atoms with Crippen molar-refractivity contribution in [1.29, 1.82) is 0 Å². The first-order chi connectivity index (χ1) is 8.15. The van der Waals surface area contributed by atoms with Gasteiger partial charge < -0.3 is 9.84 Å². The van der Waals surface area contributed by atoms with Crippen LogP contribution in [0.1, 0.15) is 39.5 Å². The molecule has 4 heteroatoms. The summed E-state index contributed by atoms with van der Waals surface area (Å²) < 4.78 is 5.06. The second-order valence-electron chi connectivity index (χ2n) is 4.01. The molecule has 0 fully saturated rings. The number of aliphatic hydroxyl groups is 1. The summed E-state index contributed by atoms with van der Waals surface area (Å²) in [5.41, 5.74) is 0. The lowest BCUT2D eigenvalue weighted by Gasteiger charge is -2.25. The summed E-state index contributed by atoms with van der Waals surface area (Å²) in [6.45, 7) is 9.26. The zero-order valence-corrected chi connectivity index (χ0v) is 11.0. The smallest absolute Gasteiger partial charge is 0.305 e. The van der Waals surface area contributed by atoms with Crippen LogP contribution in [0.4, 0.5) is 0 Å². The van der Waals surface area contributed by atoms with Crippen molar-refractivity contribution in [2.45, 2.75) is 45.8 Å². The summed E-state index contributed by atoms with van der Waals surface area (Å²) in [6, 6.07) is 0. The van der Waals surface area contributed by atoms with Crippen molar-refractivity contribution in [3.63, 3.8) is 0 Å². The lowest BCUT2D eigenvalue weighted by Crippen LogP contribution is -2.37. The third-order valence-corrected chi connectivity index (χ3v) is 2.48. The highest BCUT2D eigenvalue weighted by molar-refractivity contribution is 5.69. The molecular formula is C13H25NO3. The fourth-order valence-electron chi connectivity index (χ4n) is 1.44. The molecule has 4 nitrogen and oxygen atoms in total. The highest BCUT2D eigenvalue weighted by Gasteiger charge is 2.12. The number of rotatable bonds is 10. The van der Waals surface area contributed by atoms with Crippen LogP contribution in [-0.4, -0.2) is 41.9 Å². The van der Waals surface area contributed by atoms with Gasteiger partial charge in [0.2, 0.25) is 0 Å². The first-order valence-corrected chi connectivity index (χ1v) is 6.36. The van der Waals surface area contributed by atoms with Crippen LogP contribution in [-0.2, 0) is 9.53 Å². The van der Waals surface area contributed by atoms with Gasteiger partial charge in [0, 0.05) is 19.5 Å². The van der Waals surface area contributed by atoms with Gasteiger partial charge in [-0.15, -0.1) is 0 Å². The van der Waals surface area contributed by atoms with E-state index in [1.165, 1.54) is 6.08 Å². The van der Waals surface area contributed by atoms with Gasteiger partial charge in [-0.3, -0.25) is 9.69 Å². The zero-order valence-electron chi connectivity index (χ0n) is 11.0. The molecule has 0 bridgehead atoms. The number of hydrogen-bond acceptors (Lipinski definition) is 4. The molecule has 0 amide bonds. The minimum Gasteiger partial charge on any atom is -0.464 e. The van der Waals surface area contributed by atoms with Gasteiger partial charge in [-0.2, -0.15) is 0 Å². The quantitative estimate of drug-likeness (QED) is 0.362. The van der Waals surface area contributed by atoms with Gasteiger partial charge in [0.15, 0.2) is 0 Å². The molecule has 17 heavy (non-hydrogen) atoms. The Balaban J connectivity index is 3.90. The Morgan fingerprint density at radius 2 is 2.12 bits per heavy atom. The Hall–Kier alpha value is -0.870. The molecule has 1 N–H and O–H groups in total. The van der Waals surface area contributed by atoms with Gasteiger partial charge >= 0.3 is 5.97 Å². The molecule has 100 valence electrons. The van der Waals surface area contributed by atoms with Gasteiger partial charge in [-0.25, -0.2) is 0 Å². The summed E-state index contributed by atoms with van der Waals surface area (Å²) in [6.07, 6.45) is 4.16. The molecule has 0 aliphatic rings. The van der Waals surface area contributed by atoms with Crippen LogP contribution in [0.2, 0.25) is 0 Å². The molecule has 0 radical (unpaired) electrons. The van der Waals surface area contributed by atoms with Gasteiger partial charge in [0.05, 0.1) is 0 Å². The van der Waals surface area contributed by atoms with Crippen LogP contribution in [0, 0.1) is 0 Å². The second-order valence-corrected chi connectivity index (χ2v) is 4.01. The van der Waals surface area contributed by atoms with E-state index >= 15 is 0 Å². The Morgan fingerprint density at radius 1 is 1.41 bits per heavy atom. The van der Waals surface area contributed by atoms with Crippen molar-refractivity contribution in [3.05, 3.63) is 12.7 Å². The first kappa shape index (κ1) is 16.1. The Morgan fingerprint density at radius 3 is 2.65 bits per heavy atom. The van der Waals surface area contributed by atoms with E-state index < -0.39 is 6.23 Å². The summed E-state index contributed by atoms with van der Waals surface area (Å²) in [5, 5.41) is 9.68. The maximum atomic E-state index is 11.2. The van der Waals surface area contributed by atoms with Crippen LogP contribution < -0.4 is 0 Å². The van der Waals surface area contributed by atoms with Crippen molar-refractivity contribution < 1.29 is 14.6 Å². The van der Waals surface area contributed by atoms with Gasteiger partial charge in [0.1, 0.15) is 12.8 Å². The molecule has 0 saturated heterocycles. The Kier molecular flexibility index (Phi) is 9.77. The molecule has 0 saturated carbocycles. The van der Waals surface area contributed by atoms with E-state index in [0.29, 0.717) is 19.6 Å². The minimum atomic E-state index is -0.661. The molecule has 0 aliphatic heterocycles. The van der Waals surface area contributed by atoms with Crippen LogP contribution in [0.3, 0.4) is 0 Å². The van der Waals surface area contributed by atoms with Gasteiger partial charge in [-0.1, -0.05) is 26.8 Å². The lowest BCUT2D eigenvalue weighted by molar-refractivity contribution is -0.144. The zero-order chi connectivity index (χ0) is 13.1. The van der Waals surface area contributed by atoms with Gasteiger partial charge in [0.25, 0.3) is 0 Å². The molecule has 0 heterocycles. The first-order valence-electron chi connectivity index (χ1n) is 6.36. The predicted molar refractivity (Wildman–Crippen MR) is 68.6 cm³/mol. The maximum Gasteiger partial charge on any atom is 0.305 e. The number of ether oxygens (including phenoxy) is 1. The molecular weight excluding hydrogens is 218 g/mol. The fraction of sp³-hybridized carbons (Fsp3) is 0.769. The number of nitrogens with zero attached hydrogens (tertiary/aromatic N) is 1. The molecule has 0 aromatic carbocycles. The molecule has 0 spiro atoms. The lowest BCUT2D eigenvalue weighted by atomic mass is 10.3. The largest absolute Gasteiger partial charge is 0.464 e. The number of unbranched alkanes of at least 4 members (excludes halogenated alkanes) is 1. The number of esters is 1. The number of hydrogen-bond donors (Lipinski definition) is 1. The average molecular weight is 243 g/mol. The van der Waals surface area contributed by atoms with Crippen LogP contribution in [0.5, 0.6) is 0 Å². The van der Waals surface area contributed by atoms with E-state index in [2.05, 4.69) is 13.5 Å². The van der Waals surface area contributed by atoms with E-state index in [1.807, 2.05) is 11.8 Å². The minimum absolute atomic E-state index is 0.170. The number of carbonyl (C=O) groups excluding carboxylic acids is 1. The van der Waals surface area contributed by atoms with Crippen molar-refractivity contribution in [2.24, 2.45) is 0 Å². The third-order valence-electron chi connectivity index (χ3n) is 2.48. The Bertz CT molecular complexity index is 219. The molecule has 0 aromatic heterocycles. The molecule has 0 rings (SSSR count). The topological polar surface area (TPSA) is 49.8 Å². The summed E-state index contributed by atoms with van der Waals surface area (Å²) >= 11 is 0. The van der Waals surface area contributed by atoms with E-state index in [1.54, 1.807) is 0 Å². The van der Waals surface area contributed by atoms with Crippen molar-refractivity contribution >= 4 is 5.97 Å². The third kappa shape index (κ3) is 7.94. The van der Waals surface area contributed by atoms with Crippen LogP contribution >= 0.6 is 0 Å². The van der Waals surface area contributed by atoms with Crippen molar-refractivity contribution in [3.8, 4) is 0 Å². The molecule has 0 aromatic rings. The van der Waals surface area contributed by atoms with E-state index in [4.69, 9.17) is 4.74 Å². The number of carbonyl (C=O) groups is 1. The van der Waals surface area contributed by atoms with Crippen LogP contribution in [0.15, 0.2) is 12.7 Å². The second kappa shape index (κ2) is 10.3. The molecule has 1 unspecified atom stereocenters. The summed E-state index contributed by atoms with van der Waals surface area (Å²) in [4.78, 5) is 13.0. The Labute approximate surface area is 104 Å². The van der Waals surface area contributed by atoms with E-state index in [-0.39, 0.29) is 5.97 Å². The maximum absolute atomic E-state index is 11.2. The normalized spacial score (nSPS) is 12.5. The SMILES string of the molecule is C=CC(O)N(CCCC)CCOC(=O)CCC. The fourth-order valence-corrected chi connectivity index (χ4v) is 1.44. The summed E-state index contributed by atoms with van der Waals surface area (Å²) in [7, 11) is 0. The highest BCUT2D eigenvalue weighted by Crippen LogP contribution is 2.01. The molecule has 1 atom stereocenters. The van der Waals surface area contributed by atoms with Crippen LogP contribution in [0.25, 0.3) is 0 Å². The average Bonchev–Trinajstić information content (AvgIpc) is 2.32. The predicted octanol–water partition coefficient (Wildman–Crippen LogP) is 1.94. The van der Waals surface area contributed by atoms with Crippen molar-refractivity contribution in [2.75, 3.05) is 19.7 Å². The van der Waals surface area contributed by atoms with E-state index in [9.17, 15) is 9.90 Å². The monoisotopic (exact) mass is 243 g/mol. The molecule has 0 aliphatic carbocycles. The number of aliphatic hydroxyl groups excluding tert-OH is 1. The van der Waals surface area contributed by atoms with Crippen molar-refractivity contribution in [1.82, 2.24) is 4.90 Å². The highest BCUT2D eigenvalue weighted by atomic mass is 16.5.